The Balaban J connectivity index is 1.50. The highest BCUT2D eigenvalue weighted by Crippen LogP contribution is 2.29. The first-order valence-electron chi connectivity index (χ1n) is 9.10. The van der Waals surface area contributed by atoms with E-state index in [4.69, 9.17) is 9.47 Å². The number of benzene rings is 1. The fourth-order valence-electron chi connectivity index (χ4n) is 2.70. The molecule has 1 aliphatic heterocycles. The van der Waals surface area contributed by atoms with E-state index in [-0.39, 0.29) is 17.9 Å². The molecule has 8 heteroatoms. The van der Waals surface area contributed by atoms with Crippen molar-refractivity contribution >= 4 is 5.91 Å². The van der Waals surface area contributed by atoms with E-state index >= 15 is 0 Å². The van der Waals surface area contributed by atoms with Crippen molar-refractivity contribution in [1.82, 2.24) is 9.88 Å². The van der Waals surface area contributed by atoms with E-state index < -0.39 is 11.9 Å². The summed E-state index contributed by atoms with van der Waals surface area (Å²) in [6, 6.07) is 10.4. The third-order valence-corrected chi connectivity index (χ3v) is 4.30. The average molecular weight is 394 g/mol. The molecule has 5 nitrogen and oxygen atoms in total. The van der Waals surface area contributed by atoms with Gasteiger partial charge in [-0.05, 0) is 36.8 Å². The van der Waals surface area contributed by atoms with Crippen LogP contribution in [0.2, 0.25) is 0 Å². The third kappa shape index (κ3) is 4.94. The average Bonchev–Trinajstić information content (AvgIpc) is 2.64. The number of likely N-dealkylation sites (tertiary alicyclic amines) is 1. The van der Waals surface area contributed by atoms with E-state index in [1.807, 2.05) is 0 Å². The maximum Gasteiger partial charge on any atom is 0.433 e. The second-order valence-electron chi connectivity index (χ2n) is 6.54. The number of aromatic nitrogens is 1. The minimum Gasteiger partial charge on any atom is -0.494 e. The molecule has 1 aliphatic rings. The van der Waals surface area contributed by atoms with Crippen LogP contribution in [-0.2, 0) is 6.18 Å². The molecule has 1 amide bonds. The molecule has 1 fully saturated rings. The number of halogens is 3. The standard InChI is InChI=1S/C20H21F3N2O3/c1-2-3-11-27-15-9-7-14(8-10-15)19(26)25-12-16(13-25)28-18-6-4-5-17(24-18)20(21,22)23/h4-10,16H,2-3,11-13H2,1H3. The lowest BCUT2D eigenvalue weighted by molar-refractivity contribution is -0.141. The van der Waals surface area contributed by atoms with Crippen LogP contribution in [0.5, 0.6) is 11.6 Å². The quantitative estimate of drug-likeness (QED) is 0.661. The molecule has 28 heavy (non-hydrogen) atoms. The van der Waals surface area contributed by atoms with Gasteiger partial charge in [0.05, 0.1) is 19.7 Å². The van der Waals surface area contributed by atoms with Crippen LogP contribution in [0.1, 0.15) is 35.8 Å². The Morgan fingerprint density at radius 2 is 1.89 bits per heavy atom. The first kappa shape index (κ1) is 20.0. The van der Waals surface area contributed by atoms with Crippen molar-refractivity contribution in [2.24, 2.45) is 0 Å². The summed E-state index contributed by atoms with van der Waals surface area (Å²) < 4.78 is 49.1. The highest BCUT2D eigenvalue weighted by molar-refractivity contribution is 5.94. The lowest BCUT2D eigenvalue weighted by Crippen LogP contribution is -2.56. The van der Waals surface area contributed by atoms with Gasteiger partial charge in [-0.1, -0.05) is 19.4 Å². The smallest absolute Gasteiger partial charge is 0.433 e. The Hall–Kier alpha value is -2.77. The van der Waals surface area contributed by atoms with Crippen LogP contribution in [0.25, 0.3) is 0 Å². The molecule has 0 N–H and O–H groups in total. The number of carbonyl (C=O) groups is 1. The summed E-state index contributed by atoms with van der Waals surface area (Å²) in [7, 11) is 0. The summed E-state index contributed by atoms with van der Waals surface area (Å²) in [5.41, 5.74) is -0.475. The van der Waals surface area contributed by atoms with Gasteiger partial charge in [0.25, 0.3) is 5.91 Å². The summed E-state index contributed by atoms with van der Waals surface area (Å²) in [4.78, 5) is 17.5. The predicted molar refractivity (Wildman–Crippen MR) is 96.4 cm³/mol. The Morgan fingerprint density at radius 3 is 2.54 bits per heavy atom. The number of nitrogens with zero attached hydrogens (tertiary/aromatic N) is 2. The molecule has 0 spiro atoms. The fourth-order valence-corrected chi connectivity index (χ4v) is 2.70. The van der Waals surface area contributed by atoms with E-state index in [0.29, 0.717) is 31.0 Å². The number of hydrogen-bond donors (Lipinski definition) is 0. The van der Waals surface area contributed by atoms with E-state index in [1.165, 1.54) is 12.1 Å². The topological polar surface area (TPSA) is 51.7 Å². The second kappa shape index (κ2) is 8.50. The molecule has 0 aliphatic carbocycles. The van der Waals surface area contributed by atoms with Crippen molar-refractivity contribution in [2.45, 2.75) is 32.0 Å². The maximum atomic E-state index is 12.7. The third-order valence-electron chi connectivity index (χ3n) is 4.30. The van der Waals surface area contributed by atoms with Gasteiger partial charge >= 0.3 is 6.18 Å². The van der Waals surface area contributed by atoms with Crippen LogP contribution in [0, 0.1) is 0 Å². The zero-order chi connectivity index (χ0) is 20.1. The van der Waals surface area contributed by atoms with Gasteiger partial charge in [-0.25, -0.2) is 4.98 Å². The van der Waals surface area contributed by atoms with Gasteiger partial charge in [-0.3, -0.25) is 4.79 Å². The van der Waals surface area contributed by atoms with Crippen LogP contribution < -0.4 is 9.47 Å². The largest absolute Gasteiger partial charge is 0.494 e. The molecule has 2 aromatic rings. The van der Waals surface area contributed by atoms with Crippen LogP contribution in [0.3, 0.4) is 0 Å². The van der Waals surface area contributed by atoms with Gasteiger partial charge in [-0.15, -0.1) is 0 Å². The first-order valence-corrected chi connectivity index (χ1v) is 9.10. The molecule has 2 heterocycles. The van der Waals surface area contributed by atoms with Crippen molar-refractivity contribution in [3.8, 4) is 11.6 Å². The molecule has 1 saturated heterocycles. The summed E-state index contributed by atoms with van der Waals surface area (Å²) in [6.07, 6.45) is -2.88. The molecule has 150 valence electrons. The minimum atomic E-state index is -4.52. The lowest BCUT2D eigenvalue weighted by Gasteiger charge is -2.38. The van der Waals surface area contributed by atoms with Gasteiger partial charge in [0.15, 0.2) is 0 Å². The van der Waals surface area contributed by atoms with Crippen LogP contribution in [0.4, 0.5) is 13.2 Å². The zero-order valence-corrected chi connectivity index (χ0v) is 15.4. The van der Waals surface area contributed by atoms with Crippen molar-refractivity contribution in [2.75, 3.05) is 19.7 Å². The summed E-state index contributed by atoms with van der Waals surface area (Å²) in [6.45, 7) is 3.31. The van der Waals surface area contributed by atoms with Crippen LogP contribution in [-0.4, -0.2) is 41.6 Å². The number of ether oxygens (including phenoxy) is 2. The number of unbranched alkanes of at least 4 members (excludes halogenated alkanes) is 1. The first-order chi connectivity index (χ1) is 13.4. The highest BCUT2D eigenvalue weighted by Gasteiger charge is 2.35. The van der Waals surface area contributed by atoms with Crippen molar-refractivity contribution in [3.05, 3.63) is 53.7 Å². The number of alkyl halides is 3. The summed E-state index contributed by atoms with van der Waals surface area (Å²) in [5.74, 6) is 0.461. The molecular weight excluding hydrogens is 373 g/mol. The Labute approximate surface area is 161 Å². The number of amides is 1. The zero-order valence-electron chi connectivity index (χ0n) is 15.4. The van der Waals surface area contributed by atoms with E-state index in [9.17, 15) is 18.0 Å². The van der Waals surface area contributed by atoms with E-state index in [1.54, 1.807) is 29.2 Å². The SMILES string of the molecule is CCCCOc1ccc(C(=O)N2CC(Oc3cccc(C(F)(F)F)n3)C2)cc1. The van der Waals surface area contributed by atoms with Crippen molar-refractivity contribution in [3.63, 3.8) is 0 Å². The van der Waals surface area contributed by atoms with Gasteiger partial charge < -0.3 is 14.4 Å². The summed E-state index contributed by atoms with van der Waals surface area (Å²) >= 11 is 0. The molecule has 0 radical (unpaired) electrons. The molecule has 3 rings (SSSR count). The van der Waals surface area contributed by atoms with Crippen LogP contribution >= 0.6 is 0 Å². The molecule has 1 aromatic carbocycles. The van der Waals surface area contributed by atoms with Gasteiger partial charge in [0.1, 0.15) is 17.5 Å². The van der Waals surface area contributed by atoms with Gasteiger partial charge in [0, 0.05) is 11.6 Å². The lowest BCUT2D eigenvalue weighted by atomic mass is 10.1. The number of pyridine rings is 1. The molecule has 0 bridgehead atoms. The van der Waals surface area contributed by atoms with Crippen LogP contribution in [0.15, 0.2) is 42.5 Å². The molecular formula is C20H21F3N2O3. The maximum absolute atomic E-state index is 12.7. The highest BCUT2D eigenvalue weighted by atomic mass is 19.4. The Bertz CT molecular complexity index is 803. The van der Waals surface area contributed by atoms with E-state index in [0.717, 1.165) is 18.9 Å². The number of rotatable bonds is 7. The second-order valence-corrected chi connectivity index (χ2v) is 6.54. The van der Waals surface area contributed by atoms with Gasteiger partial charge in [-0.2, -0.15) is 13.2 Å². The molecule has 0 unspecified atom stereocenters. The van der Waals surface area contributed by atoms with Crippen molar-refractivity contribution < 1.29 is 27.4 Å². The molecule has 0 atom stereocenters. The fraction of sp³-hybridized carbons (Fsp3) is 0.400. The monoisotopic (exact) mass is 394 g/mol. The molecule has 0 saturated carbocycles. The predicted octanol–water partition coefficient (Wildman–Crippen LogP) is 4.18. The number of hydrogen-bond acceptors (Lipinski definition) is 4. The van der Waals surface area contributed by atoms with E-state index in [2.05, 4.69) is 11.9 Å². The van der Waals surface area contributed by atoms with Gasteiger partial charge in [0.2, 0.25) is 5.88 Å². The normalized spacial score (nSPS) is 14.5. The Morgan fingerprint density at radius 1 is 1.18 bits per heavy atom. The van der Waals surface area contributed by atoms with Crippen molar-refractivity contribution in [1.29, 1.82) is 0 Å². The summed E-state index contributed by atoms with van der Waals surface area (Å²) in [5, 5.41) is 0. The Kier molecular flexibility index (Phi) is 6.06. The number of carbonyl (C=O) groups excluding carboxylic acids is 1. The minimum absolute atomic E-state index is 0.0968. The molecule has 1 aromatic heterocycles.